The highest BCUT2D eigenvalue weighted by atomic mass is 79.9. The minimum atomic E-state index is -0.466. The van der Waals surface area contributed by atoms with E-state index in [1.165, 1.54) is 17.0 Å². The molecule has 1 amide bonds. The summed E-state index contributed by atoms with van der Waals surface area (Å²) in [4.78, 5) is 13.9. The molecular formula is C13H12BrFN2O. The number of hydrogen-bond acceptors (Lipinski definition) is 2. The lowest BCUT2D eigenvalue weighted by atomic mass is 10.0. The Hall–Kier alpha value is -1.41. The first-order valence-corrected chi connectivity index (χ1v) is 6.59. The van der Waals surface area contributed by atoms with Gasteiger partial charge in [0.2, 0.25) is 0 Å². The Labute approximate surface area is 113 Å². The van der Waals surface area contributed by atoms with Crippen LogP contribution in [-0.4, -0.2) is 23.4 Å². The molecule has 1 aromatic carbocycles. The van der Waals surface area contributed by atoms with Crippen molar-refractivity contribution in [1.82, 2.24) is 4.90 Å². The molecule has 1 atom stereocenters. The lowest BCUT2D eigenvalue weighted by molar-refractivity contribution is 0.0669. The summed E-state index contributed by atoms with van der Waals surface area (Å²) in [6.07, 6.45) is 2.53. The molecule has 2 rings (SSSR count). The van der Waals surface area contributed by atoms with E-state index in [4.69, 9.17) is 5.26 Å². The van der Waals surface area contributed by atoms with Crippen molar-refractivity contribution in [3.8, 4) is 6.07 Å². The number of benzene rings is 1. The maximum atomic E-state index is 13.4. The van der Waals surface area contributed by atoms with Gasteiger partial charge in [-0.2, -0.15) is 5.26 Å². The van der Waals surface area contributed by atoms with Crippen LogP contribution in [-0.2, 0) is 0 Å². The Kier molecular flexibility index (Phi) is 3.97. The normalized spacial score (nSPS) is 19.4. The van der Waals surface area contributed by atoms with E-state index in [1.54, 1.807) is 6.07 Å². The molecule has 0 aromatic heterocycles. The number of carbonyl (C=O) groups excluding carboxylic acids is 1. The quantitative estimate of drug-likeness (QED) is 0.800. The first-order valence-electron chi connectivity index (χ1n) is 5.79. The largest absolute Gasteiger partial charge is 0.323 e. The zero-order valence-corrected chi connectivity index (χ0v) is 11.3. The number of nitriles is 1. The highest BCUT2D eigenvalue weighted by molar-refractivity contribution is 9.10. The minimum absolute atomic E-state index is 0.164. The fraction of sp³-hybridized carbons (Fsp3) is 0.385. The van der Waals surface area contributed by atoms with E-state index in [-0.39, 0.29) is 15.9 Å². The summed E-state index contributed by atoms with van der Waals surface area (Å²) in [5, 5.41) is 9.05. The molecule has 1 aromatic rings. The molecule has 3 nitrogen and oxygen atoms in total. The average Bonchev–Trinajstić information content (AvgIpc) is 2.41. The Balaban J connectivity index is 2.30. The lowest BCUT2D eigenvalue weighted by Gasteiger charge is -2.31. The topological polar surface area (TPSA) is 44.1 Å². The van der Waals surface area contributed by atoms with Crippen LogP contribution < -0.4 is 0 Å². The highest BCUT2D eigenvalue weighted by Crippen LogP contribution is 2.25. The summed E-state index contributed by atoms with van der Waals surface area (Å²) < 4.78 is 13.6. The molecule has 0 saturated carbocycles. The van der Waals surface area contributed by atoms with E-state index in [1.807, 2.05) is 0 Å². The van der Waals surface area contributed by atoms with Gasteiger partial charge in [-0.15, -0.1) is 0 Å². The van der Waals surface area contributed by atoms with Gasteiger partial charge in [-0.25, -0.2) is 4.39 Å². The van der Waals surface area contributed by atoms with E-state index in [0.29, 0.717) is 13.0 Å². The number of amides is 1. The SMILES string of the molecule is N#CC1CCCCN1C(=O)c1cccc(F)c1Br. The van der Waals surface area contributed by atoms with E-state index >= 15 is 0 Å². The molecule has 0 bridgehead atoms. The van der Waals surface area contributed by atoms with Crippen molar-refractivity contribution in [2.75, 3.05) is 6.54 Å². The summed E-state index contributed by atoms with van der Waals surface area (Å²) in [5.41, 5.74) is 0.275. The van der Waals surface area contributed by atoms with Gasteiger partial charge in [0.1, 0.15) is 11.9 Å². The van der Waals surface area contributed by atoms with Crippen LogP contribution in [0.25, 0.3) is 0 Å². The molecule has 18 heavy (non-hydrogen) atoms. The Morgan fingerprint density at radius 1 is 1.50 bits per heavy atom. The molecule has 0 aliphatic carbocycles. The Morgan fingerprint density at radius 2 is 2.28 bits per heavy atom. The van der Waals surface area contributed by atoms with Crippen LogP contribution in [0.5, 0.6) is 0 Å². The second-order valence-electron chi connectivity index (χ2n) is 4.24. The first kappa shape index (κ1) is 13.0. The number of piperidine rings is 1. The molecule has 1 heterocycles. The van der Waals surface area contributed by atoms with Crippen LogP contribution >= 0.6 is 15.9 Å². The van der Waals surface area contributed by atoms with Crippen LogP contribution in [0.15, 0.2) is 22.7 Å². The number of halogens is 2. The monoisotopic (exact) mass is 310 g/mol. The van der Waals surface area contributed by atoms with Gasteiger partial charge < -0.3 is 4.90 Å². The molecule has 94 valence electrons. The number of rotatable bonds is 1. The summed E-state index contributed by atoms with van der Waals surface area (Å²) in [5.74, 6) is -0.751. The molecule has 1 aliphatic heterocycles. The maximum Gasteiger partial charge on any atom is 0.256 e. The van der Waals surface area contributed by atoms with E-state index in [2.05, 4.69) is 22.0 Å². The third kappa shape index (κ3) is 2.39. The van der Waals surface area contributed by atoms with E-state index in [9.17, 15) is 9.18 Å². The van der Waals surface area contributed by atoms with Crippen molar-refractivity contribution >= 4 is 21.8 Å². The van der Waals surface area contributed by atoms with Gasteiger partial charge in [-0.1, -0.05) is 6.07 Å². The number of nitrogens with zero attached hydrogens (tertiary/aromatic N) is 2. The maximum absolute atomic E-state index is 13.4. The van der Waals surface area contributed by atoms with Crippen molar-refractivity contribution in [3.05, 3.63) is 34.1 Å². The average molecular weight is 311 g/mol. The highest BCUT2D eigenvalue weighted by Gasteiger charge is 2.28. The van der Waals surface area contributed by atoms with Gasteiger partial charge in [-0.05, 0) is 47.3 Å². The summed E-state index contributed by atoms with van der Waals surface area (Å²) in [6, 6.07) is 6.09. The number of carbonyl (C=O) groups is 1. The molecule has 1 saturated heterocycles. The zero-order chi connectivity index (χ0) is 13.1. The van der Waals surface area contributed by atoms with Gasteiger partial charge in [0.15, 0.2) is 0 Å². The molecule has 0 N–H and O–H groups in total. The van der Waals surface area contributed by atoms with Gasteiger partial charge in [0, 0.05) is 6.54 Å². The van der Waals surface area contributed by atoms with Crippen molar-refractivity contribution in [2.45, 2.75) is 25.3 Å². The lowest BCUT2D eigenvalue weighted by Crippen LogP contribution is -2.43. The molecule has 1 unspecified atom stereocenters. The molecule has 5 heteroatoms. The fourth-order valence-electron chi connectivity index (χ4n) is 2.13. The predicted octanol–water partition coefficient (Wildman–Crippen LogP) is 3.11. The summed E-state index contributed by atoms with van der Waals surface area (Å²) in [6.45, 7) is 0.556. The van der Waals surface area contributed by atoms with Crippen LogP contribution in [0.2, 0.25) is 0 Å². The van der Waals surface area contributed by atoms with Crippen molar-refractivity contribution < 1.29 is 9.18 Å². The van der Waals surface area contributed by atoms with Crippen molar-refractivity contribution in [1.29, 1.82) is 5.26 Å². The van der Waals surface area contributed by atoms with Crippen molar-refractivity contribution in [2.24, 2.45) is 0 Å². The third-order valence-corrected chi connectivity index (χ3v) is 3.90. The summed E-state index contributed by atoms with van der Waals surface area (Å²) in [7, 11) is 0. The summed E-state index contributed by atoms with van der Waals surface area (Å²) >= 11 is 3.08. The van der Waals surface area contributed by atoms with Gasteiger partial charge in [0.05, 0.1) is 16.1 Å². The van der Waals surface area contributed by atoms with E-state index < -0.39 is 11.9 Å². The predicted molar refractivity (Wildman–Crippen MR) is 68.4 cm³/mol. The van der Waals surface area contributed by atoms with Crippen LogP contribution in [0.3, 0.4) is 0 Å². The molecule has 0 spiro atoms. The fourth-order valence-corrected chi connectivity index (χ4v) is 2.57. The van der Waals surface area contributed by atoms with Crippen LogP contribution in [0, 0.1) is 17.1 Å². The number of likely N-dealkylation sites (tertiary alicyclic amines) is 1. The standard InChI is InChI=1S/C13H12BrFN2O/c14-12-10(5-3-6-11(12)15)13(18)17-7-2-1-4-9(17)8-16/h3,5-6,9H,1-2,4,7H2. The molecule has 0 radical (unpaired) electrons. The molecular weight excluding hydrogens is 299 g/mol. The smallest absolute Gasteiger partial charge is 0.256 e. The van der Waals surface area contributed by atoms with Gasteiger partial charge in [-0.3, -0.25) is 4.79 Å². The van der Waals surface area contributed by atoms with Gasteiger partial charge in [0.25, 0.3) is 5.91 Å². The first-order chi connectivity index (χ1) is 8.65. The molecule has 1 fully saturated rings. The van der Waals surface area contributed by atoms with Crippen LogP contribution in [0.4, 0.5) is 4.39 Å². The van der Waals surface area contributed by atoms with Crippen molar-refractivity contribution in [3.63, 3.8) is 0 Å². The third-order valence-electron chi connectivity index (χ3n) is 3.09. The molecule has 1 aliphatic rings. The minimum Gasteiger partial charge on any atom is -0.323 e. The Bertz CT molecular complexity index is 512. The second-order valence-corrected chi connectivity index (χ2v) is 5.03. The second kappa shape index (κ2) is 5.49. The van der Waals surface area contributed by atoms with E-state index in [0.717, 1.165) is 12.8 Å². The zero-order valence-electron chi connectivity index (χ0n) is 9.70. The van der Waals surface area contributed by atoms with Gasteiger partial charge >= 0.3 is 0 Å². The van der Waals surface area contributed by atoms with Crippen LogP contribution in [0.1, 0.15) is 29.6 Å². The Morgan fingerprint density at radius 3 is 3.00 bits per heavy atom. The number of hydrogen-bond donors (Lipinski definition) is 0.